The number of halogens is 5. The van der Waals surface area contributed by atoms with Crippen LogP contribution in [0.1, 0.15) is 20.8 Å². The number of aromatic amines is 1. The number of phenolic OH excluding ortho intramolecular Hbond substituents is 1. The van der Waals surface area contributed by atoms with E-state index in [1.165, 1.54) is 6.07 Å². The largest absolute Gasteiger partial charge is 0.506 e. The summed E-state index contributed by atoms with van der Waals surface area (Å²) < 4.78 is 2.45. The van der Waals surface area contributed by atoms with Crippen LogP contribution in [-0.4, -0.2) is 21.7 Å². The van der Waals surface area contributed by atoms with Crippen molar-refractivity contribution >= 4 is 91.2 Å². The maximum absolute atomic E-state index is 12.3. The van der Waals surface area contributed by atoms with Gasteiger partial charge in [0.25, 0.3) is 5.78 Å². The third kappa shape index (κ3) is 3.36. The molecular formula is C12H4Br5NO3. The molecule has 2 aromatic rings. The van der Waals surface area contributed by atoms with Crippen LogP contribution in [0.5, 0.6) is 5.75 Å². The number of aromatic hydroxyl groups is 1. The molecule has 2 rings (SSSR count). The number of ketones is 2. The summed E-state index contributed by atoms with van der Waals surface area (Å²) >= 11 is 16.0. The van der Waals surface area contributed by atoms with Crippen molar-refractivity contribution in [3.05, 3.63) is 45.9 Å². The third-order valence-electron chi connectivity index (χ3n) is 2.55. The summed E-state index contributed by atoms with van der Waals surface area (Å²) in [6.07, 6.45) is 0. The van der Waals surface area contributed by atoms with Crippen molar-refractivity contribution in [2.75, 3.05) is 0 Å². The Morgan fingerprint density at radius 1 is 0.952 bits per heavy atom. The lowest BCUT2D eigenvalue weighted by atomic mass is 10.0. The molecule has 110 valence electrons. The van der Waals surface area contributed by atoms with Crippen LogP contribution >= 0.6 is 79.6 Å². The number of hydrogen-bond donors (Lipinski definition) is 2. The zero-order chi connectivity index (χ0) is 15.9. The maximum atomic E-state index is 12.3. The zero-order valence-electron chi connectivity index (χ0n) is 9.81. The van der Waals surface area contributed by atoms with Crippen LogP contribution in [0.4, 0.5) is 0 Å². The molecule has 0 aliphatic heterocycles. The van der Waals surface area contributed by atoms with Gasteiger partial charge in [0.15, 0.2) is 0 Å². The molecule has 0 spiro atoms. The number of H-pyrrole nitrogens is 1. The molecule has 0 saturated heterocycles. The number of phenols is 1. The Kier molecular flexibility index (Phi) is 5.51. The summed E-state index contributed by atoms with van der Waals surface area (Å²) in [5.74, 6) is -1.87. The molecule has 1 heterocycles. The number of rotatable bonds is 3. The number of carbonyl (C=O) groups is 2. The van der Waals surface area contributed by atoms with Gasteiger partial charge < -0.3 is 10.1 Å². The van der Waals surface area contributed by atoms with E-state index in [-0.39, 0.29) is 17.0 Å². The van der Waals surface area contributed by atoms with Crippen molar-refractivity contribution in [1.29, 1.82) is 0 Å². The van der Waals surface area contributed by atoms with Crippen LogP contribution in [0.25, 0.3) is 0 Å². The molecule has 0 aliphatic rings. The van der Waals surface area contributed by atoms with E-state index >= 15 is 0 Å². The summed E-state index contributed by atoms with van der Waals surface area (Å²) in [5, 5.41) is 9.94. The number of aromatic nitrogens is 1. The predicted octanol–water partition coefficient (Wildman–Crippen LogP) is 5.60. The fraction of sp³-hybridized carbons (Fsp3) is 0. The van der Waals surface area contributed by atoms with Crippen molar-refractivity contribution in [2.24, 2.45) is 0 Å². The van der Waals surface area contributed by atoms with E-state index < -0.39 is 11.6 Å². The summed E-state index contributed by atoms with van der Waals surface area (Å²) in [6, 6.07) is 2.97. The van der Waals surface area contributed by atoms with Crippen LogP contribution in [0, 0.1) is 0 Å². The van der Waals surface area contributed by atoms with E-state index in [0.717, 1.165) is 0 Å². The SMILES string of the molecule is O=C(C(=O)c1[nH]c(Br)c(Br)c1Br)c1cc(Br)cc(Br)c1O. The lowest BCUT2D eigenvalue weighted by molar-refractivity contribution is 0.0812. The van der Waals surface area contributed by atoms with Crippen molar-refractivity contribution in [3.8, 4) is 5.75 Å². The highest BCUT2D eigenvalue weighted by Gasteiger charge is 2.27. The molecule has 1 aromatic carbocycles. The Morgan fingerprint density at radius 2 is 1.57 bits per heavy atom. The van der Waals surface area contributed by atoms with Crippen LogP contribution < -0.4 is 0 Å². The van der Waals surface area contributed by atoms with E-state index in [9.17, 15) is 14.7 Å². The second-order valence-corrected chi connectivity index (χ2v) is 8.03. The van der Waals surface area contributed by atoms with E-state index in [0.29, 0.717) is 22.5 Å². The van der Waals surface area contributed by atoms with Crippen molar-refractivity contribution < 1.29 is 14.7 Å². The molecule has 0 aliphatic carbocycles. The molecule has 2 N–H and O–H groups in total. The first-order chi connectivity index (χ1) is 9.73. The summed E-state index contributed by atoms with van der Waals surface area (Å²) in [6.45, 7) is 0. The van der Waals surface area contributed by atoms with Gasteiger partial charge in [0.1, 0.15) is 11.4 Å². The molecule has 0 amide bonds. The zero-order valence-corrected chi connectivity index (χ0v) is 17.7. The van der Waals surface area contributed by atoms with E-state index in [4.69, 9.17) is 0 Å². The first-order valence-corrected chi connectivity index (χ1v) is 9.20. The molecule has 4 nitrogen and oxygen atoms in total. The van der Waals surface area contributed by atoms with E-state index in [2.05, 4.69) is 84.6 Å². The summed E-state index contributed by atoms with van der Waals surface area (Å²) in [5.41, 5.74) is 0.00393. The van der Waals surface area contributed by atoms with Crippen molar-refractivity contribution in [1.82, 2.24) is 4.98 Å². The predicted molar refractivity (Wildman–Crippen MR) is 96.1 cm³/mol. The van der Waals surface area contributed by atoms with Gasteiger partial charge in [-0.2, -0.15) is 0 Å². The number of carbonyl (C=O) groups excluding carboxylic acids is 2. The number of Topliss-reactive ketones (excluding diaryl/α,β-unsaturated/α-hetero) is 2. The normalized spacial score (nSPS) is 10.7. The molecule has 0 radical (unpaired) electrons. The Morgan fingerprint density at radius 3 is 2.10 bits per heavy atom. The molecule has 0 saturated carbocycles. The van der Waals surface area contributed by atoms with Gasteiger partial charge in [-0.3, -0.25) is 9.59 Å². The average Bonchev–Trinajstić information content (AvgIpc) is 2.69. The first kappa shape index (κ1) is 17.4. The standard InChI is InChI=1S/C12H4Br5NO3/c13-3-1-4(9(19)5(14)2-3)10(20)11(21)8-6(15)7(16)12(17)18-8/h1-2,18-19H. The third-order valence-corrected chi connectivity index (χ3v) is 6.85. The molecule has 0 fully saturated rings. The highest BCUT2D eigenvalue weighted by Crippen LogP contribution is 2.36. The van der Waals surface area contributed by atoms with Crippen LogP contribution in [0.2, 0.25) is 0 Å². The molecule has 0 bridgehead atoms. The number of hydrogen-bond acceptors (Lipinski definition) is 3. The molecule has 21 heavy (non-hydrogen) atoms. The Labute approximate surface area is 161 Å². The minimum Gasteiger partial charge on any atom is -0.506 e. The van der Waals surface area contributed by atoms with Gasteiger partial charge in [-0.25, -0.2) is 0 Å². The second kappa shape index (κ2) is 6.66. The van der Waals surface area contributed by atoms with Gasteiger partial charge in [0.2, 0.25) is 5.78 Å². The lowest BCUT2D eigenvalue weighted by Gasteiger charge is -2.06. The van der Waals surface area contributed by atoms with Crippen LogP contribution in [-0.2, 0) is 0 Å². The topological polar surface area (TPSA) is 70.2 Å². The monoisotopic (exact) mass is 605 g/mol. The van der Waals surface area contributed by atoms with Gasteiger partial charge in [-0.1, -0.05) is 15.9 Å². The molecule has 0 unspecified atom stereocenters. The fourth-order valence-electron chi connectivity index (χ4n) is 1.56. The smallest absolute Gasteiger partial charge is 0.251 e. The molecule has 9 heteroatoms. The average molecular weight is 610 g/mol. The van der Waals surface area contributed by atoms with Gasteiger partial charge in [0, 0.05) is 4.47 Å². The minimum absolute atomic E-state index is 0.0880. The van der Waals surface area contributed by atoms with Gasteiger partial charge in [-0.15, -0.1) is 0 Å². The summed E-state index contributed by atoms with van der Waals surface area (Å²) in [4.78, 5) is 27.4. The summed E-state index contributed by atoms with van der Waals surface area (Å²) in [7, 11) is 0. The molecular weight excluding hydrogens is 606 g/mol. The van der Waals surface area contributed by atoms with E-state index in [1.54, 1.807) is 6.07 Å². The molecule has 1 aromatic heterocycles. The quantitative estimate of drug-likeness (QED) is 0.352. The highest BCUT2D eigenvalue weighted by molar-refractivity contribution is 9.14. The molecule has 0 atom stereocenters. The lowest BCUT2D eigenvalue weighted by Crippen LogP contribution is -2.15. The van der Waals surface area contributed by atoms with E-state index in [1.807, 2.05) is 0 Å². The highest BCUT2D eigenvalue weighted by atomic mass is 79.9. The van der Waals surface area contributed by atoms with Crippen LogP contribution in [0.15, 0.2) is 34.6 Å². The Balaban J connectivity index is 2.50. The minimum atomic E-state index is -0.823. The number of benzene rings is 1. The van der Waals surface area contributed by atoms with Crippen molar-refractivity contribution in [3.63, 3.8) is 0 Å². The first-order valence-electron chi connectivity index (χ1n) is 5.23. The Hall–Kier alpha value is 0.0400. The van der Waals surface area contributed by atoms with Gasteiger partial charge in [0.05, 0.1) is 23.6 Å². The fourth-order valence-corrected chi connectivity index (χ4v) is 4.22. The Bertz CT molecular complexity index is 769. The van der Waals surface area contributed by atoms with Crippen LogP contribution in [0.3, 0.4) is 0 Å². The van der Waals surface area contributed by atoms with Crippen molar-refractivity contribution in [2.45, 2.75) is 0 Å². The van der Waals surface area contributed by atoms with Gasteiger partial charge >= 0.3 is 0 Å². The van der Waals surface area contributed by atoms with Gasteiger partial charge in [-0.05, 0) is 75.9 Å². The second-order valence-electron chi connectivity index (χ2n) is 3.88. The number of nitrogens with one attached hydrogen (secondary N) is 1. The maximum Gasteiger partial charge on any atom is 0.251 e.